The zero-order chi connectivity index (χ0) is 40.6. The van der Waals surface area contributed by atoms with Crippen molar-refractivity contribution in [2.24, 2.45) is 0 Å². The normalized spacial score (nSPS) is 12.4. The van der Waals surface area contributed by atoms with Crippen LogP contribution in [0, 0.1) is 0 Å². The fraction of sp³-hybridized carbons (Fsp3) is 0.0169. The van der Waals surface area contributed by atoms with E-state index in [0.717, 1.165) is 39.2 Å². The summed E-state index contributed by atoms with van der Waals surface area (Å²) in [4.78, 5) is 10.2. The monoisotopic (exact) mass is 776 g/mol. The minimum absolute atomic E-state index is 0.415. The number of hydrogen-bond donors (Lipinski definition) is 0. The first kappa shape index (κ1) is 36.2. The molecular formula is C59H40N2. The van der Waals surface area contributed by atoms with Gasteiger partial charge in [-0.15, -0.1) is 0 Å². The first-order valence-corrected chi connectivity index (χ1v) is 20.9. The number of hydrogen-bond acceptors (Lipinski definition) is 2. The molecule has 0 N–H and O–H groups in total. The fourth-order valence-corrected chi connectivity index (χ4v) is 9.28. The van der Waals surface area contributed by atoms with E-state index < -0.39 is 5.41 Å². The third-order valence-electron chi connectivity index (χ3n) is 12.2. The molecule has 0 amide bonds. The van der Waals surface area contributed by atoms with Gasteiger partial charge in [-0.3, -0.25) is 0 Å². The average molecular weight is 777 g/mol. The zero-order valence-electron chi connectivity index (χ0n) is 33.5. The van der Waals surface area contributed by atoms with E-state index in [0.29, 0.717) is 5.82 Å². The molecule has 1 aliphatic carbocycles. The van der Waals surface area contributed by atoms with Crippen LogP contribution in [-0.4, -0.2) is 9.97 Å². The van der Waals surface area contributed by atoms with Crippen LogP contribution >= 0.6 is 0 Å². The van der Waals surface area contributed by atoms with Gasteiger partial charge in [-0.1, -0.05) is 224 Å². The van der Waals surface area contributed by atoms with E-state index in [2.05, 4.69) is 218 Å². The van der Waals surface area contributed by atoms with Crippen LogP contribution < -0.4 is 0 Å². The van der Waals surface area contributed by atoms with Crippen molar-refractivity contribution >= 4 is 0 Å². The molecule has 286 valence electrons. The van der Waals surface area contributed by atoms with Gasteiger partial charge in [-0.2, -0.15) is 0 Å². The molecule has 0 fully saturated rings. The Balaban J connectivity index is 0.949. The molecule has 1 aromatic heterocycles. The Morgan fingerprint density at radius 3 is 1.23 bits per heavy atom. The van der Waals surface area contributed by atoms with Gasteiger partial charge in [0.25, 0.3) is 0 Å². The third kappa shape index (κ3) is 6.46. The summed E-state index contributed by atoms with van der Waals surface area (Å²) in [5.41, 5.74) is 19.2. The summed E-state index contributed by atoms with van der Waals surface area (Å²) in [7, 11) is 0. The summed E-state index contributed by atoms with van der Waals surface area (Å²) in [5, 5.41) is 0. The lowest BCUT2D eigenvalue weighted by Crippen LogP contribution is -2.28. The Labute approximate surface area is 357 Å². The highest BCUT2D eigenvalue weighted by Gasteiger charge is 2.45. The molecule has 11 rings (SSSR count). The Hall–Kier alpha value is -7.94. The zero-order valence-corrected chi connectivity index (χ0v) is 33.5. The number of benzene rings is 9. The minimum Gasteiger partial charge on any atom is -0.228 e. The second kappa shape index (κ2) is 15.3. The Kier molecular flexibility index (Phi) is 9.09. The van der Waals surface area contributed by atoms with E-state index in [1.165, 1.54) is 55.6 Å². The van der Waals surface area contributed by atoms with Crippen molar-refractivity contribution in [3.8, 4) is 78.4 Å². The molecule has 1 heterocycles. The number of aromatic nitrogens is 2. The first-order valence-electron chi connectivity index (χ1n) is 20.9. The number of nitrogens with zero attached hydrogens (tertiary/aromatic N) is 2. The van der Waals surface area contributed by atoms with Crippen LogP contribution in [0.25, 0.3) is 78.4 Å². The van der Waals surface area contributed by atoms with Crippen LogP contribution in [0.15, 0.2) is 243 Å². The molecule has 0 aliphatic heterocycles. The van der Waals surface area contributed by atoms with Crippen molar-refractivity contribution in [2.45, 2.75) is 5.41 Å². The van der Waals surface area contributed by atoms with Crippen LogP contribution in [0.3, 0.4) is 0 Å². The van der Waals surface area contributed by atoms with Crippen LogP contribution in [0.2, 0.25) is 0 Å². The maximum Gasteiger partial charge on any atom is 0.160 e. The molecule has 9 aromatic carbocycles. The molecule has 1 aliphatic rings. The van der Waals surface area contributed by atoms with Gasteiger partial charge in [-0.05, 0) is 85.0 Å². The summed E-state index contributed by atoms with van der Waals surface area (Å²) >= 11 is 0. The summed E-state index contributed by atoms with van der Waals surface area (Å²) in [6, 6.07) is 87.1. The summed E-state index contributed by atoms with van der Waals surface area (Å²) in [6.45, 7) is 0. The molecule has 0 saturated heterocycles. The Bertz CT molecular complexity index is 3110. The summed E-state index contributed by atoms with van der Waals surface area (Å²) in [5.74, 6) is 0.703. The van der Waals surface area contributed by atoms with Crippen LogP contribution in [0.5, 0.6) is 0 Å². The average Bonchev–Trinajstić information content (AvgIpc) is 3.66. The van der Waals surface area contributed by atoms with Gasteiger partial charge in [0.15, 0.2) is 5.82 Å². The van der Waals surface area contributed by atoms with Gasteiger partial charge in [0.1, 0.15) is 0 Å². The van der Waals surface area contributed by atoms with Gasteiger partial charge in [0.2, 0.25) is 0 Å². The largest absolute Gasteiger partial charge is 0.228 e. The topological polar surface area (TPSA) is 25.8 Å². The summed E-state index contributed by atoms with van der Waals surface area (Å²) < 4.78 is 0. The van der Waals surface area contributed by atoms with E-state index in [1.54, 1.807) is 0 Å². The Morgan fingerprint density at radius 1 is 0.246 bits per heavy atom. The maximum absolute atomic E-state index is 5.15. The van der Waals surface area contributed by atoms with Crippen molar-refractivity contribution in [3.63, 3.8) is 0 Å². The molecule has 0 bridgehead atoms. The lowest BCUT2D eigenvalue weighted by atomic mass is 9.67. The van der Waals surface area contributed by atoms with Crippen LogP contribution in [0.1, 0.15) is 22.3 Å². The highest BCUT2D eigenvalue weighted by atomic mass is 14.9. The molecule has 0 radical (unpaired) electrons. The maximum atomic E-state index is 5.15. The van der Waals surface area contributed by atoms with Gasteiger partial charge in [0.05, 0.1) is 16.8 Å². The van der Waals surface area contributed by atoms with Gasteiger partial charge in [-0.25, -0.2) is 9.97 Å². The van der Waals surface area contributed by atoms with Crippen molar-refractivity contribution in [3.05, 3.63) is 265 Å². The number of rotatable bonds is 8. The molecule has 2 heteroatoms. The van der Waals surface area contributed by atoms with E-state index >= 15 is 0 Å². The van der Waals surface area contributed by atoms with Crippen molar-refractivity contribution < 1.29 is 0 Å². The third-order valence-corrected chi connectivity index (χ3v) is 12.2. The molecular weight excluding hydrogens is 737 g/mol. The van der Waals surface area contributed by atoms with Crippen molar-refractivity contribution in [1.29, 1.82) is 0 Å². The SMILES string of the molecule is c1ccc(-c2ccc(-c3cc(-c4cccc(-c5cccc(-c6ccc(C7(c8ccccc8)c8ccccc8-c8ccccc87)cc6)c5)c4)nc(-c4ccccc4)n3)cc2)cc1. The highest BCUT2D eigenvalue weighted by Crippen LogP contribution is 2.56. The van der Waals surface area contributed by atoms with Crippen LogP contribution in [-0.2, 0) is 5.41 Å². The Morgan fingerprint density at radius 2 is 0.623 bits per heavy atom. The second-order valence-electron chi connectivity index (χ2n) is 15.7. The molecule has 61 heavy (non-hydrogen) atoms. The quantitative estimate of drug-likeness (QED) is 0.154. The first-order chi connectivity index (χ1) is 30.2. The van der Waals surface area contributed by atoms with Gasteiger partial charge < -0.3 is 0 Å². The molecule has 0 saturated carbocycles. The predicted molar refractivity (Wildman–Crippen MR) is 252 cm³/mol. The van der Waals surface area contributed by atoms with Crippen molar-refractivity contribution in [2.75, 3.05) is 0 Å². The second-order valence-corrected chi connectivity index (χ2v) is 15.7. The molecule has 2 nitrogen and oxygen atoms in total. The fourth-order valence-electron chi connectivity index (χ4n) is 9.28. The number of fused-ring (bicyclic) bond motifs is 3. The van der Waals surface area contributed by atoms with E-state index in [-0.39, 0.29) is 0 Å². The lowest BCUT2D eigenvalue weighted by molar-refractivity contribution is 0.768. The van der Waals surface area contributed by atoms with E-state index in [4.69, 9.17) is 9.97 Å². The lowest BCUT2D eigenvalue weighted by Gasteiger charge is -2.34. The van der Waals surface area contributed by atoms with Crippen molar-refractivity contribution in [1.82, 2.24) is 9.97 Å². The smallest absolute Gasteiger partial charge is 0.160 e. The van der Waals surface area contributed by atoms with E-state index in [1.807, 2.05) is 24.3 Å². The molecule has 10 aromatic rings. The highest BCUT2D eigenvalue weighted by molar-refractivity contribution is 5.87. The van der Waals surface area contributed by atoms with Gasteiger partial charge in [0, 0.05) is 16.7 Å². The molecule has 0 unspecified atom stereocenters. The summed E-state index contributed by atoms with van der Waals surface area (Å²) in [6.07, 6.45) is 0. The van der Waals surface area contributed by atoms with Crippen LogP contribution in [0.4, 0.5) is 0 Å². The molecule has 0 atom stereocenters. The van der Waals surface area contributed by atoms with E-state index in [9.17, 15) is 0 Å². The minimum atomic E-state index is -0.415. The van der Waals surface area contributed by atoms with Gasteiger partial charge >= 0.3 is 0 Å². The standard InChI is InChI=1S/C59H40N2/c1-4-16-41(17-5-1)42-30-32-44(33-31-42)56-40-57(61-58(60-56)45-18-6-2-7-19-45)49-23-15-22-48(39-49)47-21-14-20-46(38-47)43-34-36-51(37-35-43)59(50-24-8-3-9-25-50)54-28-12-10-26-52(54)53-27-11-13-29-55(53)59/h1-40H. The predicted octanol–water partition coefficient (Wildman–Crippen LogP) is 14.8. The molecule has 0 spiro atoms.